The van der Waals surface area contributed by atoms with E-state index in [1.165, 1.54) is 4.88 Å². The van der Waals surface area contributed by atoms with Gasteiger partial charge in [-0.15, -0.1) is 35.3 Å². The molecule has 0 aliphatic rings. The third-order valence-electron chi connectivity index (χ3n) is 3.27. The lowest BCUT2D eigenvalue weighted by Gasteiger charge is -2.15. The zero-order chi connectivity index (χ0) is 14.9. The van der Waals surface area contributed by atoms with Crippen molar-refractivity contribution in [2.45, 2.75) is 25.8 Å². The second kappa shape index (κ2) is 10.6. The van der Waals surface area contributed by atoms with Crippen molar-refractivity contribution >= 4 is 41.3 Å². The quantitative estimate of drug-likeness (QED) is 0.306. The van der Waals surface area contributed by atoms with E-state index in [-0.39, 0.29) is 24.0 Å². The normalized spacial score (nSPS) is 12.5. The summed E-state index contributed by atoms with van der Waals surface area (Å²) >= 11 is 1.80. The Kier molecular flexibility index (Phi) is 9.14. The fourth-order valence-electron chi connectivity index (χ4n) is 2.03. The zero-order valence-electron chi connectivity index (χ0n) is 13.0. The van der Waals surface area contributed by atoms with Crippen molar-refractivity contribution in [1.82, 2.24) is 20.2 Å². The highest BCUT2D eigenvalue weighted by Crippen LogP contribution is 2.19. The van der Waals surface area contributed by atoms with Gasteiger partial charge in [0.2, 0.25) is 0 Å². The molecule has 22 heavy (non-hydrogen) atoms. The molecule has 2 aromatic rings. The lowest BCUT2D eigenvalue weighted by atomic mass is 10.1. The summed E-state index contributed by atoms with van der Waals surface area (Å²) in [5.74, 6) is 1.36. The number of nitrogens with zero attached hydrogens (tertiary/aromatic N) is 3. The van der Waals surface area contributed by atoms with Crippen LogP contribution in [-0.4, -0.2) is 35.6 Å². The number of hydrogen-bond acceptors (Lipinski definition) is 3. The summed E-state index contributed by atoms with van der Waals surface area (Å²) in [6.07, 6.45) is 6.67. The summed E-state index contributed by atoms with van der Waals surface area (Å²) in [5.41, 5.74) is 0. The summed E-state index contributed by atoms with van der Waals surface area (Å²) in [7, 11) is 1.81. The van der Waals surface area contributed by atoms with Gasteiger partial charge in [0.25, 0.3) is 0 Å². The molecule has 0 spiro atoms. The Morgan fingerprint density at radius 2 is 2.32 bits per heavy atom. The van der Waals surface area contributed by atoms with Crippen LogP contribution in [-0.2, 0) is 6.54 Å². The number of hydrogen-bond donors (Lipinski definition) is 2. The van der Waals surface area contributed by atoms with Crippen LogP contribution in [0.25, 0.3) is 0 Å². The van der Waals surface area contributed by atoms with Gasteiger partial charge < -0.3 is 15.2 Å². The monoisotopic (exact) mass is 433 g/mol. The molecule has 2 rings (SSSR count). The van der Waals surface area contributed by atoms with Crippen LogP contribution in [0.15, 0.2) is 41.2 Å². The third-order valence-corrected chi connectivity index (χ3v) is 4.38. The summed E-state index contributed by atoms with van der Waals surface area (Å²) in [4.78, 5) is 9.69. The lowest BCUT2D eigenvalue weighted by Crippen LogP contribution is -2.39. The summed E-state index contributed by atoms with van der Waals surface area (Å²) in [5, 5.41) is 8.84. The Morgan fingerprint density at radius 1 is 1.45 bits per heavy atom. The summed E-state index contributed by atoms with van der Waals surface area (Å²) in [6.45, 7) is 4.98. The second-order valence-electron chi connectivity index (χ2n) is 4.95. The van der Waals surface area contributed by atoms with Crippen LogP contribution in [0.2, 0.25) is 0 Å². The molecule has 2 N–H and O–H groups in total. The van der Waals surface area contributed by atoms with Gasteiger partial charge in [-0.05, 0) is 17.9 Å². The minimum absolute atomic E-state index is 0. The van der Waals surface area contributed by atoms with Crippen LogP contribution < -0.4 is 10.6 Å². The second-order valence-corrected chi connectivity index (χ2v) is 5.93. The molecule has 0 bridgehead atoms. The average Bonchev–Trinajstić information content (AvgIpc) is 3.19. The van der Waals surface area contributed by atoms with E-state index in [0.29, 0.717) is 5.92 Å². The number of aliphatic imine (C=N–C) groups is 1. The van der Waals surface area contributed by atoms with Crippen molar-refractivity contribution in [1.29, 1.82) is 0 Å². The number of guanidine groups is 1. The first-order valence-corrected chi connectivity index (χ1v) is 8.11. The van der Waals surface area contributed by atoms with Crippen LogP contribution in [0.1, 0.15) is 24.1 Å². The van der Waals surface area contributed by atoms with Crippen LogP contribution in [0, 0.1) is 0 Å². The van der Waals surface area contributed by atoms with Gasteiger partial charge in [-0.3, -0.25) is 4.99 Å². The number of nitrogens with one attached hydrogen (secondary N) is 2. The summed E-state index contributed by atoms with van der Waals surface area (Å²) < 4.78 is 2.08. The molecule has 0 fully saturated rings. The maximum atomic E-state index is 4.25. The van der Waals surface area contributed by atoms with Gasteiger partial charge in [0, 0.05) is 49.9 Å². The fraction of sp³-hybridized carbons (Fsp3) is 0.467. The van der Waals surface area contributed by atoms with Crippen molar-refractivity contribution in [3.63, 3.8) is 0 Å². The number of halogens is 1. The Labute approximate surface area is 153 Å². The molecule has 2 aromatic heterocycles. The highest BCUT2D eigenvalue weighted by molar-refractivity contribution is 14.0. The van der Waals surface area contributed by atoms with E-state index in [1.807, 2.05) is 12.5 Å². The van der Waals surface area contributed by atoms with Gasteiger partial charge in [0.15, 0.2) is 5.96 Å². The molecule has 5 nitrogen and oxygen atoms in total. The lowest BCUT2D eigenvalue weighted by molar-refractivity contribution is 0.621. The fourth-order valence-corrected chi connectivity index (χ4v) is 2.82. The molecule has 1 unspecified atom stereocenters. The van der Waals surface area contributed by atoms with Crippen LogP contribution in [0.3, 0.4) is 0 Å². The first-order valence-electron chi connectivity index (χ1n) is 7.23. The molecule has 7 heteroatoms. The van der Waals surface area contributed by atoms with Crippen molar-refractivity contribution in [2.24, 2.45) is 4.99 Å². The van der Waals surface area contributed by atoms with E-state index in [2.05, 4.69) is 49.6 Å². The highest BCUT2D eigenvalue weighted by atomic mass is 127. The Hall–Kier alpha value is -1.09. The van der Waals surface area contributed by atoms with Gasteiger partial charge in [-0.2, -0.15) is 0 Å². The SMILES string of the molecule is CN=C(NCCCn1ccnc1)NCC(C)c1cccs1.I. The molecule has 0 amide bonds. The smallest absolute Gasteiger partial charge is 0.190 e. The Bertz CT molecular complexity index is 524. The van der Waals surface area contributed by atoms with Crippen LogP contribution in [0.4, 0.5) is 0 Å². The molecule has 1 atom stereocenters. The molecule has 0 aromatic carbocycles. The van der Waals surface area contributed by atoms with Gasteiger partial charge >= 0.3 is 0 Å². The number of imidazole rings is 1. The molecule has 0 saturated heterocycles. The third kappa shape index (κ3) is 6.35. The van der Waals surface area contributed by atoms with Crippen molar-refractivity contribution in [3.8, 4) is 0 Å². The first-order chi connectivity index (χ1) is 10.3. The van der Waals surface area contributed by atoms with Gasteiger partial charge in [0.05, 0.1) is 6.33 Å². The maximum Gasteiger partial charge on any atom is 0.190 e. The molecule has 0 aliphatic carbocycles. The zero-order valence-corrected chi connectivity index (χ0v) is 16.2. The average molecular weight is 433 g/mol. The highest BCUT2D eigenvalue weighted by Gasteiger charge is 2.07. The Morgan fingerprint density at radius 3 is 2.95 bits per heavy atom. The molecule has 0 aliphatic heterocycles. The van der Waals surface area contributed by atoms with E-state index in [4.69, 9.17) is 0 Å². The number of rotatable bonds is 7. The number of thiophene rings is 1. The van der Waals surface area contributed by atoms with Crippen molar-refractivity contribution < 1.29 is 0 Å². The van der Waals surface area contributed by atoms with Gasteiger partial charge in [-0.25, -0.2) is 4.98 Å². The molecule has 122 valence electrons. The van der Waals surface area contributed by atoms with E-state index < -0.39 is 0 Å². The maximum absolute atomic E-state index is 4.25. The van der Waals surface area contributed by atoms with Crippen LogP contribution >= 0.6 is 35.3 Å². The molecule has 0 radical (unpaired) electrons. The van der Waals surface area contributed by atoms with E-state index in [0.717, 1.165) is 32.0 Å². The van der Waals surface area contributed by atoms with Crippen molar-refractivity contribution in [3.05, 3.63) is 41.1 Å². The first kappa shape index (κ1) is 19.0. The van der Waals surface area contributed by atoms with E-state index in [1.54, 1.807) is 24.6 Å². The molecule has 2 heterocycles. The largest absolute Gasteiger partial charge is 0.356 e. The molecular weight excluding hydrogens is 409 g/mol. The number of aromatic nitrogens is 2. The van der Waals surface area contributed by atoms with Crippen molar-refractivity contribution in [2.75, 3.05) is 20.1 Å². The number of aryl methyl sites for hydroxylation is 1. The summed E-state index contributed by atoms with van der Waals surface area (Å²) in [6, 6.07) is 4.28. The Balaban J connectivity index is 0.00000242. The standard InChI is InChI=1S/C15H23N5S.HI/c1-13(14-5-3-10-21-14)11-19-15(16-2)18-6-4-8-20-9-7-17-12-20;/h3,5,7,9-10,12-13H,4,6,8,11H2,1-2H3,(H2,16,18,19);1H. The van der Waals surface area contributed by atoms with Gasteiger partial charge in [0.1, 0.15) is 0 Å². The van der Waals surface area contributed by atoms with Gasteiger partial charge in [-0.1, -0.05) is 13.0 Å². The predicted molar refractivity (Wildman–Crippen MR) is 104 cm³/mol. The van der Waals surface area contributed by atoms with Crippen LogP contribution in [0.5, 0.6) is 0 Å². The minimum Gasteiger partial charge on any atom is -0.356 e. The molecule has 0 saturated carbocycles. The topological polar surface area (TPSA) is 54.2 Å². The predicted octanol–water partition coefficient (Wildman–Crippen LogP) is 2.92. The van der Waals surface area contributed by atoms with E-state index in [9.17, 15) is 0 Å². The molecular formula is C15H24IN5S. The van der Waals surface area contributed by atoms with E-state index >= 15 is 0 Å². The minimum atomic E-state index is 0.